The highest BCUT2D eigenvalue weighted by Crippen LogP contribution is 2.22. The molecule has 1 amide bonds. The standard InChI is InChI=1S/C12H13F3N2O2S/c1-7(12(13,14)15)19-6-10(18)17-9-4-2-8(3-5-9)11(16)20/h2-5,7H,6H2,1H3,(H2,16,20)(H,17,18). The third-order valence-corrected chi connectivity index (χ3v) is 2.61. The van der Waals surface area contributed by atoms with Crippen molar-refractivity contribution in [1.29, 1.82) is 0 Å². The van der Waals surface area contributed by atoms with E-state index in [1.165, 1.54) is 0 Å². The Bertz CT molecular complexity index is 488. The van der Waals surface area contributed by atoms with E-state index >= 15 is 0 Å². The van der Waals surface area contributed by atoms with Crippen LogP contribution in [0.4, 0.5) is 18.9 Å². The van der Waals surface area contributed by atoms with Gasteiger partial charge in [0.1, 0.15) is 11.6 Å². The molecular weight excluding hydrogens is 293 g/mol. The molecular formula is C12H13F3N2O2S. The van der Waals surface area contributed by atoms with Gasteiger partial charge in [-0.15, -0.1) is 0 Å². The van der Waals surface area contributed by atoms with Crippen LogP contribution < -0.4 is 11.1 Å². The van der Waals surface area contributed by atoms with Gasteiger partial charge in [0.2, 0.25) is 5.91 Å². The minimum Gasteiger partial charge on any atom is -0.389 e. The molecule has 0 radical (unpaired) electrons. The van der Waals surface area contributed by atoms with Crippen LogP contribution in [0.25, 0.3) is 0 Å². The van der Waals surface area contributed by atoms with Crippen molar-refractivity contribution in [2.45, 2.75) is 19.2 Å². The zero-order chi connectivity index (χ0) is 15.3. The molecule has 8 heteroatoms. The molecule has 4 nitrogen and oxygen atoms in total. The number of alkyl halides is 3. The Balaban J connectivity index is 2.48. The maximum Gasteiger partial charge on any atom is 0.414 e. The average molecular weight is 306 g/mol. The van der Waals surface area contributed by atoms with Crippen molar-refractivity contribution < 1.29 is 22.7 Å². The summed E-state index contributed by atoms with van der Waals surface area (Å²) in [7, 11) is 0. The molecule has 3 N–H and O–H groups in total. The summed E-state index contributed by atoms with van der Waals surface area (Å²) in [4.78, 5) is 11.6. The Morgan fingerprint density at radius 3 is 2.40 bits per heavy atom. The van der Waals surface area contributed by atoms with Gasteiger partial charge in [0.25, 0.3) is 0 Å². The van der Waals surface area contributed by atoms with Crippen molar-refractivity contribution in [2.75, 3.05) is 11.9 Å². The predicted molar refractivity (Wildman–Crippen MR) is 72.4 cm³/mol. The maximum atomic E-state index is 12.2. The molecule has 0 saturated heterocycles. The van der Waals surface area contributed by atoms with Gasteiger partial charge in [0, 0.05) is 11.3 Å². The molecule has 1 atom stereocenters. The summed E-state index contributed by atoms with van der Waals surface area (Å²) >= 11 is 4.76. The number of halogens is 3. The maximum absolute atomic E-state index is 12.2. The molecule has 0 saturated carbocycles. The van der Waals surface area contributed by atoms with Gasteiger partial charge in [-0.25, -0.2) is 0 Å². The minimum absolute atomic E-state index is 0.213. The van der Waals surface area contributed by atoms with E-state index in [1.807, 2.05) is 0 Å². The van der Waals surface area contributed by atoms with E-state index in [4.69, 9.17) is 18.0 Å². The molecule has 0 aliphatic heterocycles. The van der Waals surface area contributed by atoms with Crippen molar-refractivity contribution in [1.82, 2.24) is 0 Å². The summed E-state index contributed by atoms with van der Waals surface area (Å²) in [5, 5.41) is 2.40. The molecule has 1 rings (SSSR count). The quantitative estimate of drug-likeness (QED) is 0.819. The van der Waals surface area contributed by atoms with Crippen molar-refractivity contribution >= 4 is 28.8 Å². The zero-order valence-corrected chi connectivity index (χ0v) is 11.3. The third kappa shape index (κ3) is 5.14. The molecule has 1 unspecified atom stereocenters. The minimum atomic E-state index is -4.49. The molecule has 1 aromatic carbocycles. The average Bonchev–Trinajstić information content (AvgIpc) is 2.35. The van der Waals surface area contributed by atoms with Crippen LogP contribution in [0.15, 0.2) is 24.3 Å². The van der Waals surface area contributed by atoms with E-state index in [9.17, 15) is 18.0 Å². The van der Waals surface area contributed by atoms with Gasteiger partial charge in [-0.05, 0) is 31.2 Å². The van der Waals surface area contributed by atoms with Crippen molar-refractivity contribution in [3.8, 4) is 0 Å². The molecule has 0 fully saturated rings. The molecule has 0 aliphatic carbocycles. The number of nitrogens with one attached hydrogen (secondary N) is 1. The highest BCUT2D eigenvalue weighted by molar-refractivity contribution is 7.80. The van der Waals surface area contributed by atoms with Crippen LogP contribution in [-0.4, -0.2) is 29.8 Å². The van der Waals surface area contributed by atoms with E-state index in [1.54, 1.807) is 24.3 Å². The predicted octanol–water partition coefficient (Wildman–Crippen LogP) is 2.23. The molecule has 20 heavy (non-hydrogen) atoms. The third-order valence-electron chi connectivity index (χ3n) is 2.38. The van der Waals surface area contributed by atoms with Gasteiger partial charge in [-0.2, -0.15) is 13.2 Å². The summed E-state index contributed by atoms with van der Waals surface area (Å²) in [6, 6.07) is 6.27. The van der Waals surface area contributed by atoms with Gasteiger partial charge in [-0.3, -0.25) is 4.79 Å². The SMILES string of the molecule is CC(OCC(=O)Nc1ccc(C(N)=S)cc1)C(F)(F)F. The molecule has 1 aromatic rings. The number of carbonyl (C=O) groups is 1. The second kappa shape index (κ2) is 6.67. The van der Waals surface area contributed by atoms with Crippen LogP contribution in [0.2, 0.25) is 0 Å². The number of rotatable bonds is 5. The Morgan fingerprint density at radius 2 is 1.95 bits per heavy atom. The number of thiocarbonyl (C=S) groups is 1. The van der Waals surface area contributed by atoms with Crippen LogP contribution >= 0.6 is 12.2 Å². The number of ether oxygens (including phenoxy) is 1. The Hall–Kier alpha value is -1.67. The summed E-state index contributed by atoms with van der Waals surface area (Å²) in [6.07, 6.45) is -6.48. The van der Waals surface area contributed by atoms with Gasteiger partial charge in [-0.1, -0.05) is 12.2 Å². The van der Waals surface area contributed by atoms with Crippen LogP contribution in [0.5, 0.6) is 0 Å². The number of benzene rings is 1. The first-order valence-electron chi connectivity index (χ1n) is 5.58. The fraction of sp³-hybridized carbons (Fsp3) is 0.333. The number of nitrogens with two attached hydrogens (primary N) is 1. The van der Waals surface area contributed by atoms with E-state index in [0.717, 1.165) is 6.92 Å². The molecule has 0 heterocycles. The number of anilines is 1. The van der Waals surface area contributed by atoms with Crippen molar-refractivity contribution in [3.63, 3.8) is 0 Å². The summed E-state index contributed by atoms with van der Waals surface area (Å²) in [5.41, 5.74) is 6.44. The summed E-state index contributed by atoms with van der Waals surface area (Å²) < 4.78 is 40.9. The van der Waals surface area contributed by atoms with E-state index in [0.29, 0.717) is 11.3 Å². The van der Waals surface area contributed by atoms with E-state index < -0.39 is 24.8 Å². The topological polar surface area (TPSA) is 64.3 Å². The summed E-state index contributed by atoms with van der Waals surface area (Å²) in [5.74, 6) is -0.677. The molecule has 0 spiro atoms. The van der Waals surface area contributed by atoms with Crippen molar-refractivity contribution in [2.24, 2.45) is 5.73 Å². The molecule has 0 bridgehead atoms. The lowest BCUT2D eigenvalue weighted by Gasteiger charge is -2.16. The second-order valence-electron chi connectivity index (χ2n) is 3.98. The highest BCUT2D eigenvalue weighted by atomic mass is 32.1. The smallest absolute Gasteiger partial charge is 0.389 e. The largest absolute Gasteiger partial charge is 0.414 e. The highest BCUT2D eigenvalue weighted by Gasteiger charge is 2.37. The Morgan fingerprint density at radius 1 is 1.40 bits per heavy atom. The van der Waals surface area contributed by atoms with Gasteiger partial charge >= 0.3 is 6.18 Å². The Kier molecular flexibility index (Phi) is 5.46. The van der Waals surface area contributed by atoms with Crippen LogP contribution in [-0.2, 0) is 9.53 Å². The van der Waals surface area contributed by atoms with Crippen LogP contribution in [0.3, 0.4) is 0 Å². The summed E-state index contributed by atoms with van der Waals surface area (Å²) in [6.45, 7) is 0.155. The number of hydrogen-bond acceptors (Lipinski definition) is 3. The van der Waals surface area contributed by atoms with Crippen LogP contribution in [0.1, 0.15) is 12.5 Å². The first kappa shape index (κ1) is 16.4. The van der Waals surface area contributed by atoms with E-state index in [-0.39, 0.29) is 4.99 Å². The molecule has 0 aliphatic rings. The van der Waals surface area contributed by atoms with Gasteiger partial charge < -0.3 is 15.8 Å². The number of amides is 1. The zero-order valence-electron chi connectivity index (χ0n) is 10.5. The van der Waals surface area contributed by atoms with Gasteiger partial charge in [0.15, 0.2) is 6.10 Å². The lowest BCUT2D eigenvalue weighted by atomic mass is 10.2. The van der Waals surface area contributed by atoms with Crippen molar-refractivity contribution in [3.05, 3.63) is 29.8 Å². The monoisotopic (exact) mass is 306 g/mol. The molecule has 110 valence electrons. The van der Waals surface area contributed by atoms with Crippen LogP contribution in [0, 0.1) is 0 Å². The lowest BCUT2D eigenvalue weighted by molar-refractivity contribution is -0.213. The van der Waals surface area contributed by atoms with Gasteiger partial charge in [0.05, 0.1) is 0 Å². The number of carbonyl (C=O) groups excluding carboxylic acids is 1. The fourth-order valence-electron chi connectivity index (χ4n) is 1.21. The van der Waals surface area contributed by atoms with E-state index in [2.05, 4.69) is 10.1 Å². The Labute approximate surface area is 119 Å². The first-order valence-corrected chi connectivity index (χ1v) is 5.99. The molecule has 0 aromatic heterocycles. The number of hydrogen-bond donors (Lipinski definition) is 2. The normalized spacial score (nSPS) is 12.8. The second-order valence-corrected chi connectivity index (χ2v) is 4.42. The fourth-order valence-corrected chi connectivity index (χ4v) is 1.35. The lowest BCUT2D eigenvalue weighted by Crippen LogP contribution is -2.32. The first-order chi connectivity index (χ1) is 9.20.